The number of imide groups is 1. The molecule has 2 saturated heterocycles. The van der Waals surface area contributed by atoms with Gasteiger partial charge in [0.2, 0.25) is 11.8 Å². The number of nitrogens with zero attached hydrogens (tertiary/aromatic N) is 3. The number of hydrogen-bond acceptors (Lipinski definition) is 7. The second-order valence-corrected chi connectivity index (χ2v) is 10.1. The van der Waals surface area contributed by atoms with Gasteiger partial charge in [0.05, 0.1) is 16.8 Å². The molecule has 1 atom stereocenters. The maximum Gasteiger partial charge on any atom is 0.255 e. The van der Waals surface area contributed by atoms with E-state index in [2.05, 4.69) is 20.6 Å². The van der Waals surface area contributed by atoms with Crippen LogP contribution in [0.4, 0.5) is 0 Å². The molecule has 36 heavy (non-hydrogen) atoms. The summed E-state index contributed by atoms with van der Waals surface area (Å²) in [6, 6.07) is 5.00. The van der Waals surface area contributed by atoms with Crippen LogP contribution in [0, 0.1) is 0 Å². The first-order valence-corrected chi connectivity index (χ1v) is 13.0. The number of amides is 3. The lowest BCUT2D eigenvalue weighted by Crippen LogP contribution is -2.52. The van der Waals surface area contributed by atoms with Crippen LogP contribution in [0.5, 0.6) is 5.75 Å². The van der Waals surface area contributed by atoms with E-state index >= 15 is 0 Å². The topological polar surface area (TPSA) is 114 Å². The molecule has 1 saturated carbocycles. The minimum atomic E-state index is -0.569. The van der Waals surface area contributed by atoms with Gasteiger partial charge in [-0.3, -0.25) is 19.7 Å². The standard InChI is InChI=1S/C19H22N2O4.C7H8ClN3/c22-17-9-8-16(18(23)20-17)21-11-12-10-14(6-7-15(12)19(21)24)25-13-4-2-1-3-5-13;8-6-3-10-4-11-7(6)5-1-9-2-5/h6-7,10,13,16H,1-5,8-9,11H2,(H,20,22,23);3-5,9H,1-2H2. The van der Waals surface area contributed by atoms with Crippen molar-refractivity contribution in [2.24, 2.45) is 0 Å². The lowest BCUT2D eigenvalue weighted by atomic mass is 9.98. The molecule has 0 spiro atoms. The van der Waals surface area contributed by atoms with Crippen LogP contribution in [0.2, 0.25) is 5.02 Å². The van der Waals surface area contributed by atoms with Crippen LogP contribution in [-0.2, 0) is 16.1 Å². The zero-order chi connectivity index (χ0) is 25.1. The molecule has 190 valence electrons. The summed E-state index contributed by atoms with van der Waals surface area (Å²) in [5, 5.41) is 6.17. The smallest absolute Gasteiger partial charge is 0.255 e. The molecule has 2 N–H and O–H groups in total. The van der Waals surface area contributed by atoms with E-state index in [1.165, 1.54) is 19.3 Å². The predicted octanol–water partition coefficient (Wildman–Crippen LogP) is 2.98. The summed E-state index contributed by atoms with van der Waals surface area (Å²) in [4.78, 5) is 45.5. The monoisotopic (exact) mass is 511 g/mol. The molecule has 1 unspecified atom stereocenters. The fraction of sp³-hybridized carbons (Fsp3) is 0.500. The highest BCUT2D eigenvalue weighted by Crippen LogP contribution is 2.31. The predicted molar refractivity (Wildman–Crippen MR) is 133 cm³/mol. The maximum absolute atomic E-state index is 12.6. The van der Waals surface area contributed by atoms with Crippen molar-refractivity contribution >= 4 is 29.3 Å². The Hall–Kier alpha value is -3.04. The zero-order valence-corrected chi connectivity index (χ0v) is 20.8. The Kier molecular flexibility index (Phi) is 7.48. The van der Waals surface area contributed by atoms with Crippen molar-refractivity contribution in [2.45, 2.75) is 69.6 Å². The van der Waals surface area contributed by atoms with Gasteiger partial charge < -0.3 is 15.0 Å². The number of hydrogen-bond donors (Lipinski definition) is 2. The minimum absolute atomic E-state index is 0.145. The third-order valence-corrected chi connectivity index (χ3v) is 7.51. The van der Waals surface area contributed by atoms with E-state index < -0.39 is 6.04 Å². The first-order valence-electron chi connectivity index (χ1n) is 12.6. The number of carbonyl (C=O) groups excluding carboxylic acids is 3. The van der Waals surface area contributed by atoms with Crippen LogP contribution in [0.3, 0.4) is 0 Å². The Morgan fingerprint density at radius 3 is 2.56 bits per heavy atom. The Bertz CT molecular complexity index is 1150. The number of halogens is 1. The number of nitrogens with one attached hydrogen (secondary N) is 2. The molecule has 3 fully saturated rings. The minimum Gasteiger partial charge on any atom is -0.490 e. The fourth-order valence-electron chi connectivity index (χ4n) is 5.10. The number of carbonyl (C=O) groups is 3. The molecule has 3 amide bonds. The Morgan fingerprint density at radius 2 is 1.86 bits per heavy atom. The number of aromatic nitrogens is 2. The van der Waals surface area contributed by atoms with Gasteiger partial charge in [0, 0.05) is 43.7 Å². The third kappa shape index (κ3) is 5.37. The van der Waals surface area contributed by atoms with Crippen LogP contribution in [-0.4, -0.2) is 57.8 Å². The summed E-state index contributed by atoms with van der Waals surface area (Å²) in [5.41, 5.74) is 2.49. The number of rotatable bonds is 4. The van der Waals surface area contributed by atoms with Crippen molar-refractivity contribution < 1.29 is 19.1 Å². The van der Waals surface area contributed by atoms with E-state index in [4.69, 9.17) is 16.3 Å². The second-order valence-electron chi connectivity index (χ2n) is 9.71. The van der Waals surface area contributed by atoms with Crippen molar-refractivity contribution in [1.29, 1.82) is 0 Å². The van der Waals surface area contributed by atoms with Crippen LogP contribution in [0.1, 0.15) is 72.5 Å². The quantitative estimate of drug-likeness (QED) is 0.606. The molecular weight excluding hydrogens is 482 g/mol. The molecule has 3 aliphatic heterocycles. The molecule has 4 aliphatic rings. The molecule has 2 aromatic rings. The lowest BCUT2D eigenvalue weighted by Gasteiger charge is -2.29. The normalized spacial score (nSPS) is 22.3. The van der Waals surface area contributed by atoms with Crippen molar-refractivity contribution in [3.05, 3.63) is 52.6 Å². The Morgan fingerprint density at radius 1 is 1.06 bits per heavy atom. The molecular formula is C26H30ClN5O4. The first kappa shape index (κ1) is 24.6. The van der Waals surface area contributed by atoms with Crippen molar-refractivity contribution in [2.75, 3.05) is 13.1 Å². The summed E-state index contributed by atoms with van der Waals surface area (Å²) < 4.78 is 6.08. The Balaban J connectivity index is 0.000000202. The second kappa shape index (κ2) is 10.9. The summed E-state index contributed by atoms with van der Waals surface area (Å²) in [5.74, 6) is 0.493. The van der Waals surface area contributed by atoms with E-state index in [1.54, 1.807) is 23.5 Å². The van der Waals surface area contributed by atoms with Gasteiger partial charge in [0.1, 0.15) is 18.1 Å². The highest BCUT2D eigenvalue weighted by molar-refractivity contribution is 6.31. The van der Waals surface area contributed by atoms with Gasteiger partial charge in [-0.05, 0) is 55.9 Å². The largest absolute Gasteiger partial charge is 0.490 e. The highest BCUT2D eigenvalue weighted by Gasteiger charge is 2.39. The number of ether oxygens (including phenoxy) is 1. The number of fused-ring (bicyclic) bond motifs is 1. The average molecular weight is 512 g/mol. The highest BCUT2D eigenvalue weighted by atomic mass is 35.5. The summed E-state index contributed by atoms with van der Waals surface area (Å²) in [7, 11) is 0. The fourth-order valence-corrected chi connectivity index (χ4v) is 5.36. The number of piperidine rings is 1. The van der Waals surface area contributed by atoms with Gasteiger partial charge >= 0.3 is 0 Å². The molecule has 6 rings (SSSR count). The first-order chi connectivity index (χ1) is 17.5. The van der Waals surface area contributed by atoms with Gasteiger partial charge in [-0.2, -0.15) is 0 Å². The van der Waals surface area contributed by atoms with Crippen LogP contribution in [0.25, 0.3) is 0 Å². The van der Waals surface area contributed by atoms with Gasteiger partial charge in [-0.15, -0.1) is 0 Å². The molecule has 9 nitrogen and oxygen atoms in total. The van der Waals surface area contributed by atoms with Gasteiger partial charge in [0.15, 0.2) is 0 Å². The molecule has 10 heteroatoms. The van der Waals surface area contributed by atoms with Crippen LogP contribution < -0.4 is 15.4 Å². The maximum atomic E-state index is 12.6. The van der Waals surface area contributed by atoms with Crippen molar-refractivity contribution in [3.63, 3.8) is 0 Å². The van der Waals surface area contributed by atoms with E-state index in [1.807, 2.05) is 12.1 Å². The Labute approximate surface area is 215 Å². The van der Waals surface area contributed by atoms with Crippen molar-refractivity contribution in [1.82, 2.24) is 25.5 Å². The van der Waals surface area contributed by atoms with E-state index in [0.29, 0.717) is 29.5 Å². The molecule has 1 aromatic carbocycles. The van der Waals surface area contributed by atoms with E-state index in [0.717, 1.165) is 42.9 Å². The number of benzene rings is 1. The van der Waals surface area contributed by atoms with E-state index in [-0.39, 0.29) is 30.2 Å². The van der Waals surface area contributed by atoms with E-state index in [9.17, 15) is 14.4 Å². The summed E-state index contributed by atoms with van der Waals surface area (Å²) in [6.07, 6.45) is 9.95. The summed E-state index contributed by atoms with van der Waals surface area (Å²) in [6.45, 7) is 2.36. The molecule has 1 aromatic heterocycles. The van der Waals surface area contributed by atoms with Gasteiger partial charge in [0.25, 0.3) is 5.91 Å². The van der Waals surface area contributed by atoms with Gasteiger partial charge in [-0.25, -0.2) is 9.97 Å². The molecule has 1 aliphatic carbocycles. The van der Waals surface area contributed by atoms with Crippen LogP contribution in [0.15, 0.2) is 30.7 Å². The lowest BCUT2D eigenvalue weighted by molar-refractivity contribution is -0.136. The SMILES string of the molecule is Clc1cncnc1C1CNC1.O=C1CCC(N2Cc3cc(OC4CCCCC4)ccc3C2=O)C(=O)N1. The van der Waals surface area contributed by atoms with Crippen molar-refractivity contribution in [3.8, 4) is 5.75 Å². The molecule has 0 bridgehead atoms. The summed E-state index contributed by atoms with van der Waals surface area (Å²) >= 11 is 5.88. The molecule has 4 heterocycles. The van der Waals surface area contributed by atoms with Crippen LogP contribution >= 0.6 is 11.6 Å². The van der Waals surface area contributed by atoms with Gasteiger partial charge in [-0.1, -0.05) is 18.0 Å². The molecule has 0 radical (unpaired) electrons. The third-order valence-electron chi connectivity index (χ3n) is 7.21. The average Bonchev–Trinajstić information content (AvgIpc) is 3.16. The zero-order valence-electron chi connectivity index (χ0n) is 20.0.